The Morgan fingerprint density at radius 2 is 1.00 bits per heavy atom. The summed E-state index contributed by atoms with van der Waals surface area (Å²) in [6, 6.07) is 48.5. The highest BCUT2D eigenvalue weighted by Gasteiger charge is 2.16. The molecule has 0 radical (unpaired) electrons. The molecule has 0 saturated heterocycles. The Labute approximate surface area is 226 Å². The van der Waals surface area contributed by atoms with Crippen LogP contribution in [0.25, 0.3) is 32.7 Å². The van der Waals surface area contributed by atoms with Crippen LogP contribution in [-0.2, 0) is 6.42 Å². The van der Waals surface area contributed by atoms with Gasteiger partial charge in [0.05, 0.1) is 0 Å². The molecule has 6 aromatic carbocycles. The van der Waals surface area contributed by atoms with Crippen molar-refractivity contribution in [2.24, 2.45) is 5.41 Å². The Morgan fingerprint density at radius 1 is 0.474 bits per heavy atom. The molecule has 0 aliphatic carbocycles. The van der Waals surface area contributed by atoms with Crippen LogP contribution >= 0.6 is 0 Å². The first-order chi connectivity index (χ1) is 18.4. The Balaban J connectivity index is 1.47. The van der Waals surface area contributed by atoms with Crippen molar-refractivity contribution in [3.05, 3.63) is 139 Å². The van der Waals surface area contributed by atoms with Gasteiger partial charge in [-0.05, 0) is 86.5 Å². The smallest absolute Gasteiger partial charge is 0.0468 e. The number of benzene rings is 6. The molecule has 0 N–H and O–H groups in total. The number of hydrogen-bond acceptors (Lipinski definition) is 1. The van der Waals surface area contributed by atoms with Crippen LogP contribution in [0.4, 0.5) is 17.1 Å². The van der Waals surface area contributed by atoms with E-state index in [0.717, 1.165) is 23.5 Å². The van der Waals surface area contributed by atoms with Crippen LogP contribution in [0.5, 0.6) is 0 Å². The Morgan fingerprint density at radius 3 is 1.68 bits per heavy atom. The van der Waals surface area contributed by atoms with Crippen molar-refractivity contribution >= 4 is 38.6 Å². The number of fused-ring (bicyclic) bond motifs is 3. The summed E-state index contributed by atoms with van der Waals surface area (Å²) in [4.78, 5) is 2.37. The topological polar surface area (TPSA) is 3.24 Å². The van der Waals surface area contributed by atoms with Crippen molar-refractivity contribution in [3.8, 4) is 11.1 Å². The summed E-state index contributed by atoms with van der Waals surface area (Å²) in [5.74, 6) is 0. The standard InChI is InChI=1S/C37H33N/c1-37(2,3)26-27-13-20-32(21-14-27)38(33-22-17-29(18-23-33)28-9-5-4-6-10-28)34-24-19-31-16-15-30-11-7-8-12-35(30)36(31)25-34/h4-25H,26H2,1-3H3. The maximum atomic E-state index is 2.37. The average Bonchev–Trinajstić information content (AvgIpc) is 2.94. The maximum Gasteiger partial charge on any atom is 0.0468 e. The van der Waals surface area contributed by atoms with E-state index in [-0.39, 0.29) is 5.41 Å². The van der Waals surface area contributed by atoms with Crippen molar-refractivity contribution < 1.29 is 0 Å². The second-order valence-corrected chi connectivity index (χ2v) is 11.3. The van der Waals surface area contributed by atoms with Gasteiger partial charge >= 0.3 is 0 Å². The first-order valence-electron chi connectivity index (χ1n) is 13.4. The largest absolute Gasteiger partial charge is 0.310 e. The number of rotatable bonds is 5. The van der Waals surface area contributed by atoms with E-state index in [1.54, 1.807) is 0 Å². The lowest BCUT2D eigenvalue weighted by atomic mass is 9.88. The van der Waals surface area contributed by atoms with Gasteiger partial charge in [0.2, 0.25) is 0 Å². The van der Waals surface area contributed by atoms with E-state index in [4.69, 9.17) is 0 Å². The van der Waals surface area contributed by atoms with E-state index in [1.165, 1.54) is 38.2 Å². The summed E-state index contributed by atoms with van der Waals surface area (Å²) in [5, 5.41) is 5.08. The predicted octanol–water partition coefficient (Wildman–Crippen LogP) is 10.7. The zero-order valence-corrected chi connectivity index (χ0v) is 22.4. The van der Waals surface area contributed by atoms with Gasteiger partial charge in [0, 0.05) is 17.1 Å². The van der Waals surface area contributed by atoms with Gasteiger partial charge in [0.1, 0.15) is 0 Å². The second kappa shape index (κ2) is 9.84. The van der Waals surface area contributed by atoms with Crippen LogP contribution in [-0.4, -0.2) is 0 Å². The molecular formula is C37H33N. The highest BCUT2D eigenvalue weighted by atomic mass is 15.1. The number of nitrogens with zero attached hydrogens (tertiary/aromatic N) is 1. The Bertz CT molecular complexity index is 1690. The molecule has 0 heterocycles. The number of anilines is 3. The molecule has 1 nitrogen and oxygen atoms in total. The lowest BCUT2D eigenvalue weighted by Crippen LogP contribution is -2.11. The van der Waals surface area contributed by atoms with Gasteiger partial charge in [-0.3, -0.25) is 0 Å². The van der Waals surface area contributed by atoms with Crippen LogP contribution < -0.4 is 4.90 Å². The average molecular weight is 492 g/mol. The van der Waals surface area contributed by atoms with Gasteiger partial charge in [0.15, 0.2) is 0 Å². The minimum absolute atomic E-state index is 0.258. The summed E-state index contributed by atoms with van der Waals surface area (Å²) in [6.07, 6.45) is 1.06. The zero-order valence-electron chi connectivity index (χ0n) is 22.4. The minimum atomic E-state index is 0.258. The first-order valence-corrected chi connectivity index (χ1v) is 13.4. The van der Waals surface area contributed by atoms with Crippen LogP contribution in [0.2, 0.25) is 0 Å². The SMILES string of the molecule is CC(C)(C)Cc1ccc(N(c2ccc(-c3ccccc3)cc2)c2ccc3ccc4ccccc4c3c2)cc1. The van der Waals surface area contributed by atoms with Gasteiger partial charge in [0.25, 0.3) is 0 Å². The normalized spacial score (nSPS) is 11.7. The lowest BCUT2D eigenvalue weighted by Gasteiger charge is -2.27. The van der Waals surface area contributed by atoms with E-state index in [9.17, 15) is 0 Å². The third-order valence-corrected chi connectivity index (χ3v) is 7.15. The van der Waals surface area contributed by atoms with Gasteiger partial charge in [-0.2, -0.15) is 0 Å². The zero-order chi connectivity index (χ0) is 26.1. The first kappa shape index (κ1) is 24.0. The summed E-state index contributed by atoms with van der Waals surface area (Å²) in [6.45, 7) is 6.88. The molecule has 1 heteroatoms. The molecule has 0 spiro atoms. The molecule has 0 bridgehead atoms. The quantitative estimate of drug-likeness (QED) is 0.217. The Hall–Kier alpha value is -4.36. The van der Waals surface area contributed by atoms with Crippen LogP contribution in [0.1, 0.15) is 26.3 Å². The van der Waals surface area contributed by atoms with Gasteiger partial charge in [-0.15, -0.1) is 0 Å². The molecule has 0 aromatic heterocycles. The molecule has 0 saturated carbocycles. The van der Waals surface area contributed by atoms with Crippen molar-refractivity contribution in [2.75, 3.05) is 4.90 Å². The van der Waals surface area contributed by atoms with Crippen LogP contribution in [0.15, 0.2) is 133 Å². The highest BCUT2D eigenvalue weighted by Crippen LogP contribution is 2.38. The van der Waals surface area contributed by atoms with E-state index >= 15 is 0 Å². The van der Waals surface area contributed by atoms with Gasteiger partial charge in [-0.1, -0.05) is 118 Å². The van der Waals surface area contributed by atoms with Crippen LogP contribution in [0, 0.1) is 5.41 Å². The molecule has 0 amide bonds. The van der Waals surface area contributed by atoms with E-state index in [0.29, 0.717) is 0 Å². The highest BCUT2D eigenvalue weighted by molar-refractivity contribution is 6.08. The third-order valence-electron chi connectivity index (χ3n) is 7.15. The summed E-state index contributed by atoms with van der Waals surface area (Å²) in [7, 11) is 0. The molecule has 186 valence electrons. The van der Waals surface area contributed by atoms with Crippen molar-refractivity contribution in [2.45, 2.75) is 27.2 Å². The molecule has 0 unspecified atom stereocenters. The fourth-order valence-electron chi connectivity index (χ4n) is 5.39. The molecule has 0 fully saturated rings. The summed E-state index contributed by atoms with van der Waals surface area (Å²) >= 11 is 0. The molecule has 6 aromatic rings. The van der Waals surface area contributed by atoms with E-state index < -0.39 is 0 Å². The number of hydrogen-bond donors (Lipinski definition) is 0. The van der Waals surface area contributed by atoms with E-state index in [2.05, 4.69) is 159 Å². The molecule has 0 aliphatic heterocycles. The molecule has 38 heavy (non-hydrogen) atoms. The fourth-order valence-corrected chi connectivity index (χ4v) is 5.39. The second-order valence-electron chi connectivity index (χ2n) is 11.3. The van der Waals surface area contributed by atoms with Crippen molar-refractivity contribution in [1.82, 2.24) is 0 Å². The van der Waals surface area contributed by atoms with Gasteiger partial charge in [-0.25, -0.2) is 0 Å². The summed E-state index contributed by atoms with van der Waals surface area (Å²) in [5.41, 5.74) is 7.54. The third kappa shape index (κ3) is 4.93. The van der Waals surface area contributed by atoms with Gasteiger partial charge < -0.3 is 4.90 Å². The molecular weight excluding hydrogens is 458 g/mol. The predicted molar refractivity (Wildman–Crippen MR) is 165 cm³/mol. The molecule has 6 rings (SSSR count). The monoisotopic (exact) mass is 491 g/mol. The lowest BCUT2D eigenvalue weighted by molar-refractivity contribution is 0.411. The van der Waals surface area contributed by atoms with Crippen molar-refractivity contribution in [3.63, 3.8) is 0 Å². The minimum Gasteiger partial charge on any atom is -0.310 e. The Kier molecular flexibility index (Phi) is 6.21. The molecule has 0 atom stereocenters. The van der Waals surface area contributed by atoms with Crippen molar-refractivity contribution in [1.29, 1.82) is 0 Å². The van der Waals surface area contributed by atoms with Crippen LogP contribution in [0.3, 0.4) is 0 Å². The fraction of sp³-hybridized carbons (Fsp3) is 0.135. The van der Waals surface area contributed by atoms with E-state index in [1.807, 2.05) is 0 Å². The maximum absolute atomic E-state index is 2.37. The summed E-state index contributed by atoms with van der Waals surface area (Å²) < 4.78 is 0. The molecule has 0 aliphatic rings.